The minimum Gasteiger partial charge on any atom is -0.267 e. The zero-order chi connectivity index (χ0) is 16.2. The fraction of sp³-hybridized carbons (Fsp3) is 0. The lowest BCUT2D eigenvalue weighted by Gasteiger charge is -2.05. The van der Waals surface area contributed by atoms with Gasteiger partial charge in [0.05, 0.1) is 11.2 Å². The number of nitrogens with one attached hydrogen (secondary N) is 1. The fourth-order valence-electron chi connectivity index (χ4n) is 2.27. The van der Waals surface area contributed by atoms with E-state index in [4.69, 9.17) is 11.6 Å². The number of carbonyl (C=O) groups is 1. The third-order valence-electron chi connectivity index (χ3n) is 3.39. The van der Waals surface area contributed by atoms with Gasteiger partial charge in [-0.05, 0) is 29.0 Å². The van der Waals surface area contributed by atoms with E-state index in [1.165, 1.54) is 18.3 Å². The molecule has 3 aromatic carbocycles. The molecule has 0 unspecified atom stereocenters. The second kappa shape index (κ2) is 6.58. The van der Waals surface area contributed by atoms with Crippen molar-refractivity contribution in [3.8, 4) is 0 Å². The number of hydrogen-bond donors (Lipinski definition) is 1. The predicted molar refractivity (Wildman–Crippen MR) is 90.4 cm³/mol. The summed E-state index contributed by atoms with van der Waals surface area (Å²) >= 11 is 5.90. The molecular formula is C18H12ClFN2O. The van der Waals surface area contributed by atoms with E-state index in [2.05, 4.69) is 10.5 Å². The summed E-state index contributed by atoms with van der Waals surface area (Å²) in [5.74, 6) is -0.869. The Morgan fingerprint density at radius 1 is 1.04 bits per heavy atom. The monoisotopic (exact) mass is 326 g/mol. The van der Waals surface area contributed by atoms with Crippen LogP contribution in [-0.2, 0) is 0 Å². The first-order valence-electron chi connectivity index (χ1n) is 6.92. The standard InChI is InChI=1S/C18H12ClFN2O/c19-16-9-4-10-17(20)15(16)11-21-22-18(23)14-8-3-6-12-5-1-2-7-13(12)14/h1-11H,(H,22,23). The summed E-state index contributed by atoms with van der Waals surface area (Å²) in [5, 5.41) is 5.81. The van der Waals surface area contributed by atoms with E-state index in [1.807, 2.05) is 30.3 Å². The summed E-state index contributed by atoms with van der Waals surface area (Å²) in [4.78, 5) is 12.3. The molecule has 3 nitrogen and oxygen atoms in total. The van der Waals surface area contributed by atoms with Crippen molar-refractivity contribution in [2.24, 2.45) is 5.10 Å². The van der Waals surface area contributed by atoms with Crippen molar-refractivity contribution in [3.63, 3.8) is 0 Å². The van der Waals surface area contributed by atoms with Gasteiger partial charge in [-0.15, -0.1) is 0 Å². The van der Waals surface area contributed by atoms with Crippen LogP contribution in [0.15, 0.2) is 65.8 Å². The highest BCUT2D eigenvalue weighted by Crippen LogP contribution is 2.19. The van der Waals surface area contributed by atoms with Crippen LogP contribution in [0.1, 0.15) is 15.9 Å². The molecule has 0 spiro atoms. The lowest BCUT2D eigenvalue weighted by Crippen LogP contribution is -2.18. The summed E-state index contributed by atoms with van der Waals surface area (Å²) in [6.45, 7) is 0. The van der Waals surface area contributed by atoms with E-state index in [-0.39, 0.29) is 16.5 Å². The molecule has 23 heavy (non-hydrogen) atoms. The number of rotatable bonds is 3. The summed E-state index contributed by atoms with van der Waals surface area (Å²) < 4.78 is 13.6. The number of carbonyl (C=O) groups excluding carboxylic acids is 1. The molecule has 3 rings (SSSR count). The maximum atomic E-state index is 13.6. The van der Waals surface area contributed by atoms with E-state index in [1.54, 1.807) is 18.2 Å². The van der Waals surface area contributed by atoms with Gasteiger partial charge in [-0.25, -0.2) is 9.82 Å². The molecule has 0 radical (unpaired) electrons. The average Bonchev–Trinajstić information content (AvgIpc) is 2.57. The second-order valence-corrected chi connectivity index (χ2v) is 5.27. The minimum absolute atomic E-state index is 0.132. The van der Waals surface area contributed by atoms with E-state index in [0.29, 0.717) is 5.56 Å². The van der Waals surface area contributed by atoms with Crippen LogP contribution in [0.2, 0.25) is 5.02 Å². The Hall–Kier alpha value is -2.72. The smallest absolute Gasteiger partial charge is 0.267 e. The summed E-state index contributed by atoms with van der Waals surface area (Å²) in [5.41, 5.74) is 3.03. The molecule has 0 saturated carbocycles. The SMILES string of the molecule is O=C(NN=Cc1c(F)cccc1Cl)c1cccc2ccccc12. The lowest BCUT2D eigenvalue weighted by molar-refractivity contribution is 0.0957. The number of benzene rings is 3. The molecule has 0 aliphatic carbocycles. The van der Waals surface area contributed by atoms with Crippen LogP contribution in [0.3, 0.4) is 0 Å². The summed E-state index contributed by atoms with van der Waals surface area (Å²) in [7, 11) is 0. The van der Waals surface area contributed by atoms with Crippen molar-refractivity contribution < 1.29 is 9.18 Å². The maximum absolute atomic E-state index is 13.6. The molecule has 114 valence electrons. The lowest BCUT2D eigenvalue weighted by atomic mass is 10.0. The molecule has 0 heterocycles. The van der Waals surface area contributed by atoms with Gasteiger partial charge in [-0.1, -0.05) is 54.1 Å². The number of hydrazone groups is 1. The number of hydrogen-bond acceptors (Lipinski definition) is 2. The first-order chi connectivity index (χ1) is 11.2. The highest BCUT2D eigenvalue weighted by Gasteiger charge is 2.09. The quantitative estimate of drug-likeness (QED) is 0.562. The van der Waals surface area contributed by atoms with Crippen molar-refractivity contribution >= 4 is 34.5 Å². The van der Waals surface area contributed by atoms with Crippen LogP contribution in [-0.4, -0.2) is 12.1 Å². The first kappa shape index (κ1) is 15.2. The maximum Gasteiger partial charge on any atom is 0.271 e. The Morgan fingerprint density at radius 2 is 1.78 bits per heavy atom. The zero-order valence-corrected chi connectivity index (χ0v) is 12.7. The van der Waals surface area contributed by atoms with Gasteiger partial charge in [0.15, 0.2) is 0 Å². The second-order valence-electron chi connectivity index (χ2n) is 4.86. The normalized spacial score (nSPS) is 11.0. The summed E-state index contributed by atoms with van der Waals surface area (Å²) in [6, 6.07) is 17.3. The Bertz CT molecular complexity index is 883. The highest BCUT2D eigenvalue weighted by atomic mass is 35.5. The molecule has 1 N–H and O–H groups in total. The van der Waals surface area contributed by atoms with E-state index >= 15 is 0 Å². The molecule has 0 fully saturated rings. The molecule has 0 aromatic heterocycles. The largest absolute Gasteiger partial charge is 0.271 e. The average molecular weight is 327 g/mol. The van der Waals surface area contributed by atoms with Crippen LogP contribution in [0.5, 0.6) is 0 Å². The number of fused-ring (bicyclic) bond motifs is 1. The van der Waals surface area contributed by atoms with Gasteiger partial charge in [-0.2, -0.15) is 5.10 Å². The Morgan fingerprint density at radius 3 is 2.61 bits per heavy atom. The van der Waals surface area contributed by atoms with Gasteiger partial charge in [0.25, 0.3) is 5.91 Å². The Labute approximate surface area is 137 Å². The molecule has 0 atom stereocenters. The fourth-order valence-corrected chi connectivity index (χ4v) is 2.48. The highest BCUT2D eigenvalue weighted by molar-refractivity contribution is 6.33. The predicted octanol–water partition coefficient (Wildman–Crippen LogP) is 4.40. The molecular weight excluding hydrogens is 315 g/mol. The van der Waals surface area contributed by atoms with Crippen molar-refractivity contribution in [1.82, 2.24) is 5.43 Å². The topological polar surface area (TPSA) is 41.5 Å². The third-order valence-corrected chi connectivity index (χ3v) is 3.72. The molecule has 0 aliphatic rings. The number of amides is 1. The summed E-state index contributed by atoms with van der Waals surface area (Å²) in [6.07, 6.45) is 1.20. The van der Waals surface area contributed by atoms with Gasteiger partial charge in [0.2, 0.25) is 0 Å². The van der Waals surface area contributed by atoms with Crippen LogP contribution >= 0.6 is 11.6 Å². The number of halogens is 2. The zero-order valence-electron chi connectivity index (χ0n) is 12.0. The van der Waals surface area contributed by atoms with Gasteiger partial charge < -0.3 is 0 Å². The minimum atomic E-state index is -0.499. The van der Waals surface area contributed by atoms with E-state index in [0.717, 1.165) is 10.8 Å². The molecule has 1 amide bonds. The number of nitrogens with zero attached hydrogens (tertiary/aromatic N) is 1. The van der Waals surface area contributed by atoms with Crippen LogP contribution in [0.25, 0.3) is 10.8 Å². The third kappa shape index (κ3) is 3.22. The van der Waals surface area contributed by atoms with Crippen LogP contribution in [0, 0.1) is 5.82 Å². The van der Waals surface area contributed by atoms with Gasteiger partial charge >= 0.3 is 0 Å². The molecule has 5 heteroatoms. The van der Waals surface area contributed by atoms with Gasteiger partial charge in [-0.3, -0.25) is 4.79 Å². The van der Waals surface area contributed by atoms with Gasteiger partial charge in [0.1, 0.15) is 5.82 Å². The van der Waals surface area contributed by atoms with Gasteiger partial charge in [0, 0.05) is 11.1 Å². The van der Waals surface area contributed by atoms with Crippen molar-refractivity contribution in [1.29, 1.82) is 0 Å². The molecule has 0 bridgehead atoms. The molecule has 3 aromatic rings. The van der Waals surface area contributed by atoms with Crippen LogP contribution in [0.4, 0.5) is 4.39 Å². The molecule has 0 saturated heterocycles. The van der Waals surface area contributed by atoms with Crippen molar-refractivity contribution in [2.75, 3.05) is 0 Å². The Balaban J connectivity index is 1.83. The first-order valence-corrected chi connectivity index (χ1v) is 7.30. The van der Waals surface area contributed by atoms with Crippen molar-refractivity contribution in [3.05, 3.63) is 82.6 Å². The van der Waals surface area contributed by atoms with Crippen LogP contribution < -0.4 is 5.43 Å². The Kier molecular flexibility index (Phi) is 4.35. The van der Waals surface area contributed by atoms with Crippen molar-refractivity contribution in [2.45, 2.75) is 0 Å². The molecule has 0 aliphatic heterocycles. The van der Waals surface area contributed by atoms with E-state index in [9.17, 15) is 9.18 Å². The van der Waals surface area contributed by atoms with E-state index < -0.39 is 5.82 Å².